The maximum atomic E-state index is 6.01. The Kier molecular flexibility index (Phi) is 5.55. The molecule has 1 atom stereocenters. The van der Waals surface area contributed by atoms with E-state index >= 15 is 0 Å². The lowest BCUT2D eigenvalue weighted by Gasteiger charge is -2.31. The summed E-state index contributed by atoms with van der Waals surface area (Å²) in [7, 11) is 1.72. The molecular formula is C15H26N2O2S. The first-order chi connectivity index (χ1) is 9.55. The first kappa shape index (κ1) is 15.9. The zero-order valence-electron chi connectivity index (χ0n) is 13.0. The van der Waals surface area contributed by atoms with Gasteiger partial charge in [-0.1, -0.05) is 13.8 Å². The summed E-state index contributed by atoms with van der Waals surface area (Å²) in [5.41, 5.74) is 0.845. The second-order valence-electron chi connectivity index (χ2n) is 5.89. The van der Waals surface area contributed by atoms with Gasteiger partial charge in [0.25, 0.3) is 0 Å². The predicted molar refractivity (Wildman–Crippen MR) is 82.0 cm³/mol. The number of methoxy groups -OCH3 is 1. The maximum Gasteiger partial charge on any atom is 0.125 e. The molecule has 2 heterocycles. The van der Waals surface area contributed by atoms with Crippen LogP contribution in [0.25, 0.3) is 0 Å². The normalized spacial score (nSPS) is 23.4. The molecular weight excluding hydrogens is 272 g/mol. The lowest BCUT2D eigenvalue weighted by molar-refractivity contribution is -0.0703. The molecule has 5 heteroatoms. The first-order valence-corrected chi connectivity index (χ1v) is 8.22. The molecule has 1 aromatic rings. The standard InChI is InChI=1S/C15H26N2O2S/c1-11(2)16-9-13-12(10-18-4)17-14(20-13)15(3)7-5-6-8-19-15/h11,16H,5-10H2,1-4H3. The van der Waals surface area contributed by atoms with Gasteiger partial charge < -0.3 is 14.8 Å². The van der Waals surface area contributed by atoms with E-state index in [0.29, 0.717) is 12.6 Å². The molecule has 1 N–H and O–H groups in total. The van der Waals surface area contributed by atoms with Crippen molar-refractivity contribution in [1.82, 2.24) is 10.3 Å². The van der Waals surface area contributed by atoms with Crippen LogP contribution in [0.4, 0.5) is 0 Å². The van der Waals surface area contributed by atoms with E-state index in [9.17, 15) is 0 Å². The van der Waals surface area contributed by atoms with Gasteiger partial charge in [-0.05, 0) is 26.2 Å². The lowest BCUT2D eigenvalue weighted by atomic mass is 9.97. The molecule has 1 fully saturated rings. The third-order valence-corrected chi connectivity index (χ3v) is 4.99. The van der Waals surface area contributed by atoms with E-state index in [1.807, 2.05) is 0 Å². The van der Waals surface area contributed by atoms with E-state index in [1.54, 1.807) is 18.4 Å². The number of rotatable bonds is 6. The zero-order chi connectivity index (χ0) is 14.6. The zero-order valence-corrected chi connectivity index (χ0v) is 13.8. The number of hydrogen-bond acceptors (Lipinski definition) is 5. The van der Waals surface area contributed by atoms with E-state index in [-0.39, 0.29) is 5.60 Å². The van der Waals surface area contributed by atoms with Gasteiger partial charge in [-0.25, -0.2) is 4.98 Å². The van der Waals surface area contributed by atoms with Crippen molar-refractivity contribution in [3.8, 4) is 0 Å². The third-order valence-electron chi connectivity index (χ3n) is 3.65. The van der Waals surface area contributed by atoms with Crippen molar-refractivity contribution in [2.24, 2.45) is 0 Å². The fourth-order valence-corrected chi connectivity index (χ4v) is 3.54. The molecule has 1 aliphatic rings. The third kappa shape index (κ3) is 3.79. The van der Waals surface area contributed by atoms with E-state index in [0.717, 1.165) is 36.7 Å². The van der Waals surface area contributed by atoms with Gasteiger partial charge in [-0.3, -0.25) is 0 Å². The number of thiazole rings is 1. The average molecular weight is 298 g/mol. The molecule has 1 saturated heterocycles. The number of hydrogen-bond donors (Lipinski definition) is 1. The summed E-state index contributed by atoms with van der Waals surface area (Å²) in [4.78, 5) is 6.07. The molecule has 0 aromatic carbocycles. The van der Waals surface area contributed by atoms with E-state index in [2.05, 4.69) is 26.1 Å². The summed E-state index contributed by atoms with van der Waals surface area (Å²) in [6.07, 6.45) is 3.44. The van der Waals surface area contributed by atoms with Crippen molar-refractivity contribution in [3.63, 3.8) is 0 Å². The van der Waals surface area contributed by atoms with Gasteiger partial charge in [0.1, 0.15) is 10.6 Å². The summed E-state index contributed by atoms with van der Waals surface area (Å²) in [6.45, 7) is 8.75. The van der Waals surface area contributed by atoms with Gasteiger partial charge in [0, 0.05) is 31.2 Å². The molecule has 1 unspecified atom stereocenters. The molecule has 0 bridgehead atoms. The van der Waals surface area contributed by atoms with E-state index < -0.39 is 0 Å². The average Bonchev–Trinajstić information content (AvgIpc) is 2.82. The van der Waals surface area contributed by atoms with Crippen molar-refractivity contribution in [1.29, 1.82) is 0 Å². The van der Waals surface area contributed by atoms with Crippen molar-refractivity contribution in [2.45, 2.75) is 64.8 Å². The maximum absolute atomic E-state index is 6.01. The van der Waals surface area contributed by atoms with Crippen LogP contribution in [0.2, 0.25) is 0 Å². The fraction of sp³-hybridized carbons (Fsp3) is 0.800. The Morgan fingerprint density at radius 1 is 1.45 bits per heavy atom. The summed E-state index contributed by atoms with van der Waals surface area (Å²) < 4.78 is 11.3. The highest BCUT2D eigenvalue weighted by atomic mass is 32.1. The fourth-order valence-electron chi connectivity index (χ4n) is 2.40. The molecule has 0 spiro atoms. The van der Waals surface area contributed by atoms with Crippen LogP contribution in [0.3, 0.4) is 0 Å². The number of nitrogens with one attached hydrogen (secondary N) is 1. The van der Waals surface area contributed by atoms with Gasteiger partial charge >= 0.3 is 0 Å². The van der Waals surface area contributed by atoms with Gasteiger partial charge in [0.2, 0.25) is 0 Å². The molecule has 1 aromatic heterocycles. The smallest absolute Gasteiger partial charge is 0.125 e. The Morgan fingerprint density at radius 2 is 2.25 bits per heavy atom. The number of aromatic nitrogens is 1. The largest absolute Gasteiger partial charge is 0.378 e. The highest BCUT2D eigenvalue weighted by Gasteiger charge is 2.34. The van der Waals surface area contributed by atoms with Gasteiger partial charge in [-0.2, -0.15) is 0 Å². The van der Waals surface area contributed by atoms with Crippen molar-refractivity contribution >= 4 is 11.3 Å². The van der Waals surface area contributed by atoms with Gasteiger partial charge in [0.05, 0.1) is 12.3 Å². The van der Waals surface area contributed by atoms with Crippen molar-refractivity contribution in [3.05, 3.63) is 15.6 Å². The Morgan fingerprint density at radius 3 is 2.85 bits per heavy atom. The highest BCUT2D eigenvalue weighted by Crippen LogP contribution is 2.38. The first-order valence-electron chi connectivity index (χ1n) is 7.40. The van der Waals surface area contributed by atoms with Crippen LogP contribution in [-0.2, 0) is 28.2 Å². The second kappa shape index (κ2) is 6.98. The minimum atomic E-state index is -0.207. The Labute approximate surface area is 125 Å². The molecule has 0 aliphatic carbocycles. The molecule has 1 aliphatic heterocycles. The second-order valence-corrected chi connectivity index (χ2v) is 6.98. The van der Waals surface area contributed by atoms with Crippen LogP contribution < -0.4 is 5.32 Å². The number of ether oxygens (including phenoxy) is 2. The Hall–Kier alpha value is -0.490. The molecule has 0 amide bonds. The quantitative estimate of drug-likeness (QED) is 0.876. The van der Waals surface area contributed by atoms with Crippen LogP contribution in [0.5, 0.6) is 0 Å². The van der Waals surface area contributed by atoms with Crippen LogP contribution in [0.1, 0.15) is 55.6 Å². The summed E-state index contributed by atoms with van der Waals surface area (Å²) >= 11 is 1.77. The highest BCUT2D eigenvalue weighted by molar-refractivity contribution is 7.11. The Bertz CT molecular complexity index is 426. The van der Waals surface area contributed by atoms with Crippen LogP contribution in [-0.4, -0.2) is 24.7 Å². The summed E-state index contributed by atoms with van der Waals surface area (Å²) in [6, 6.07) is 0.470. The van der Waals surface area contributed by atoms with Crippen LogP contribution in [0.15, 0.2) is 0 Å². The summed E-state index contributed by atoms with van der Waals surface area (Å²) in [5, 5.41) is 4.57. The molecule has 2 rings (SSSR count). The molecule has 0 radical (unpaired) electrons. The minimum absolute atomic E-state index is 0.207. The van der Waals surface area contributed by atoms with E-state index in [1.165, 1.54) is 11.3 Å². The SMILES string of the molecule is COCc1nc(C2(C)CCCCO2)sc1CNC(C)C. The van der Waals surface area contributed by atoms with Crippen LogP contribution in [0, 0.1) is 0 Å². The van der Waals surface area contributed by atoms with Crippen molar-refractivity contribution in [2.75, 3.05) is 13.7 Å². The van der Waals surface area contributed by atoms with Crippen LogP contribution >= 0.6 is 11.3 Å². The topological polar surface area (TPSA) is 43.4 Å². The molecule has 4 nitrogen and oxygen atoms in total. The summed E-state index contributed by atoms with van der Waals surface area (Å²) in [5.74, 6) is 0. The molecule has 20 heavy (non-hydrogen) atoms. The Balaban J connectivity index is 2.18. The molecule has 0 saturated carbocycles. The van der Waals surface area contributed by atoms with Crippen molar-refractivity contribution < 1.29 is 9.47 Å². The number of nitrogens with zero attached hydrogens (tertiary/aromatic N) is 1. The van der Waals surface area contributed by atoms with Gasteiger partial charge in [-0.15, -0.1) is 11.3 Å². The van der Waals surface area contributed by atoms with E-state index in [4.69, 9.17) is 14.5 Å². The monoisotopic (exact) mass is 298 g/mol. The lowest BCUT2D eigenvalue weighted by Crippen LogP contribution is -2.30. The predicted octanol–water partition coefficient (Wildman–Crippen LogP) is 3.20. The minimum Gasteiger partial charge on any atom is -0.378 e. The van der Waals surface area contributed by atoms with Gasteiger partial charge in [0.15, 0.2) is 0 Å². The molecule has 114 valence electrons.